The molecule has 7 nitrogen and oxygen atoms in total. The maximum atomic E-state index is 13.2. The van der Waals surface area contributed by atoms with Crippen molar-refractivity contribution < 1.29 is 18.0 Å². The van der Waals surface area contributed by atoms with E-state index in [1.165, 1.54) is 4.31 Å². The van der Waals surface area contributed by atoms with Crippen LogP contribution in [0.15, 0.2) is 54.6 Å². The van der Waals surface area contributed by atoms with E-state index in [-0.39, 0.29) is 30.7 Å². The molecule has 2 fully saturated rings. The molecule has 0 N–H and O–H groups in total. The van der Waals surface area contributed by atoms with E-state index in [0.717, 1.165) is 12.0 Å². The lowest BCUT2D eigenvalue weighted by Crippen LogP contribution is -2.51. The first-order valence-corrected chi connectivity index (χ1v) is 11.8. The van der Waals surface area contributed by atoms with Crippen molar-refractivity contribution in [3.8, 4) is 0 Å². The molecule has 2 aromatic rings. The van der Waals surface area contributed by atoms with Crippen LogP contribution in [0.5, 0.6) is 0 Å². The molecule has 158 valence electrons. The second kappa shape index (κ2) is 8.57. The number of sulfonamides is 1. The van der Waals surface area contributed by atoms with Gasteiger partial charge < -0.3 is 9.80 Å². The molecular weight excluding hydrogens is 402 g/mol. The van der Waals surface area contributed by atoms with Gasteiger partial charge in [-0.2, -0.15) is 4.31 Å². The number of hydrogen-bond acceptors (Lipinski definition) is 4. The molecule has 2 aliphatic rings. The summed E-state index contributed by atoms with van der Waals surface area (Å²) in [6.07, 6.45) is 1.29. The van der Waals surface area contributed by atoms with Crippen LogP contribution in [0.4, 0.5) is 5.69 Å². The summed E-state index contributed by atoms with van der Waals surface area (Å²) in [5, 5.41) is 0. The zero-order chi connectivity index (χ0) is 21.1. The predicted octanol–water partition coefficient (Wildman–Crippen LogP) is 2.10. The largest absolute Gasteiger partial charge is 0.336 e. The highest BCUT2D eigenvalue weighted by atomic mass is 32.2. The molecule has 2 amide bonds. The molecule has 0 aliphatic carbocycles. The van der Waals surface area contributed by atoms with Crippen molar-refractivity contribution in [3.05, 3.63) is 65.7 Å². The third-order valence-electron chi connectivity index (χ3n) is 5.61. The summed E-state index contributed by atoms with van der Waals surface area (Å²) in [6.45, 7) is 1.82. The summed E-state index contributed by atoms with van der Waals surface area (Å²) in [5.74, 6) is -0.167. The number of benzene rings is 2. The first kappa shape index (κ1) is 20.6. The molecular formula is C22H25N3O4S. The lowest BCUT2D eigenvalue weighted by molar-refractivity contribution is -0.117. The minimum atomic E-state index is -3.44. The van der Waals surface area contributed by atoms with E-state index in [0.29, 0.717) is 37.3 Å². The monoisotopic (exact) mass is 427 g/mol. The van der Waals surface area contributed by atoms with Crippen molar-refractivity contribution in [2.75, 3.05) is 37.6 Å². The van der Waals surface area contributed by atoms with Gasteiger partial charge in [0.2, 0.25) is 15.9 Å². The van der Waals surface area contributed by atoms with Gasteiger partial charge in [-0.3, -0.25) is 9.59 Å². The Morgan fingerprint density at radius 2 is 1.53 bits per heavy atom. The third-order valence-corrected chi connectivity index (χ3v) is 7.46. The van der Waals surface area contributed by atoms with E-state index in [1.54, 1.807) is 40.1 Å². The van der Waals surface area contributed by atoms with Crippen molar-refractivity contribution in [2.24, 2.45) is 0 Å². The Balaban J connectivity index is 1.44. The lowest BCUT2D eigenvalue weighted by Gasteiger charge is -2.34. The highest BCUT2D eigenvalue weighted by molar-refractivity contribution is 7.88. The minimum absolute atomic E-state index is 0.0343. The van der Waals surface area contributed by atoms with Crippen LogP contribution in [0.2, 0.25) is 0 Å². The summed E-state index contributed by atoms with van der Waals surface area (Å²) in [5.41, 5.74) is 1.89. The lowest BCUT2D eigenvalue weighted by atomic mass is 10.1. The number of hydrogen-bond donors (Lipinski definition) is 0. The summed E-state index contributed by atoms with van der Waals surface area (Å²) in [4.78, 5) is 28.7. The number of para-hydroxylation sites is 1. The van der Waals surface area contributed by atoms with Crippen molar-refractivity contribution in [3.63, 3.8) is 0 Å². The van der Waals surface area contributed by atoms with Gasteiger partial charge in [0.05, 0.1) is 17.0 Å². The standard InChI is InChI=1S/C22H25N3O4S/c26-21-11-6-12-25(21)20-10-5-4-9-19(20)22(27)23-13-15-24(16-14-23)30(28,29)17-18-7-2-1-3-8-18/h1-5,7-10H,6,11-17H2. The number of piperazine rings is 1. The van der Waals surface area contributed by atoms with Crippen LogP contribution in [-0.4, -0.2) is 62.2 Å². The Morgan fingerprint density at radius 1 is 0.867 bits per heavy atom. The van der Waals surface area contributed by atoms with E-state index in [4.69, 9.17) is 0 Å². The van der Waals surface area contributed by atoms with Gasteiger partial charge in [0.15, 0.2) is 0 Å². The highest BCUT2D eigenvalue weighted by Gasteiger charge is 2.31. The predicted molar refractivity (Wildman–Crippen MR) is 115 cm³/mol. The smallest absolute Gasteiger partial charge is 0.256 e. The molecule has 0 saturated carbocycles. The van der Waals surface area contributed by atoms with Gasteiger partial charge in [-0.05, 0) is 24.1 Å². The average Bonchev–Trinajstić information content (AvgIpc) is 3.19. The van der Waals surface area contributed by atoms with Gasteiger partial charge in [-0.15, -0.1) is 0 Å². The SMILES string of the molecule is O=C(c1ccccc1N1CCCC1=O)N1CCN(S(=O)(=O)Cc2ccccc2)CC1. The number of amides is 2. The normalized spacial score (nSPS) is 18.1. The van der Waals surface area contributed by atoms with Gasteiger partial charge in [-0.25, -0.2) is 8.42 Å². The van der Waals surface area contributed by atoms with Gasteiger partial charge in [0.25, 0.3) is 5.91 Å². The van der Waals surface area contributed by atoms with Crippen molar-refractivity contribution in [2.45, 2.75) is 18.6 Å². The van der Waals surface area contributed by atoms with Crippen LogP contribution in [0, 0.1) is 0 Å². The fourth-order valence-corrected chi connectivity index (χ4v) is 5.52. The maximum absolute atomic E-state index is 13.2. The van der Waals surface area contributed by atoms with Crippen LogP contribution >= 0.6 is 0 Å². The first-order chi connectivity index (χ1) is 14.5. The molecule has 30 heavy (non-hydrogen) atoms. The third kappa shape index (κ3) is 4.24. The van der Waals surface area contributed by atoms with E-state index in [9.17, 15) is 18.0 Å². The van der Waals surface area contributed by atoms with Crippen molar-refractivity contribution in [1.29, 1.82) is 0 Å². The van der Waals surface area contributed by atoms with E-state index < -0.39 is 10.0 Å². The van der Waals surface area contributed by atoms with Crippen LogP contribution in [0.3, 0.4) is 0 Å². The van der Waals surface area contributed by atoms with Crippen LogP contribution < -0.4 is 4.90 Å². The molecule has 8 heteroatoms. The van der Waals surface area contributed by atoms with Gasteiger partial charge in [-0.1, -0.05) is 42.5 Å². The Morgan fingerprint density at radius 3 is 2.20 bits per heavy atom. The van der Waals surface area contributed by atoms with Gasteiger partial charge >= 0.3 is 0 Å². The molecule has 0 atom stereocenters. The van der Waals surface area contributed by atoms with Crippen LogP contribution in [0.1, 0.15) is 28.8 Å². The number of carbonyl (C=O) groups is 2. The van der Waals surface area contributed by atoms with Crippen LogP contribution in [-0.2, 0) is 20.6 Å². The van der Waals surface area contributed by atoms with E-state index in [1.807, 2.05) is 24.3 Å². The molecule has 0 bridgehead atoms. The topological polar surface area (TPSA) is 78.0 Å². The molecule has 0 spiro atoms. The second-order valence-corrected chi connectivity index (χ2v) is 9.57. The zero-order valence-electron chi connectivity index (χ0n) is 16.7. The Bertz CT molecular complexity index is 1030. The van der Waals surface area contributed by atoms with Crippen LogP contribution in [0.25, 0.3) is 0 Å². The molecule has 2 saturated heterocycles. The summed E-state index contributed by atoms with van der Waals surface area (Å²) < 4.78 is 26.9. The Kier molecular flexibility index (Phi) is 5.87. The molecule has 2 aromatic carbocycles. The molecule has 2 heterocycles. The molecule has 0 unspecified atom stereocenters. The summed E-state index contributed by atoms with van der Waals surface area (Å²) in [6, 6.07) is 16.3. The quantitative estimate of drug-likeness (QED) is 0.732. The zero-order valence-corrected chi connectivity index (χ0v) is 17.6. The summed E-state index contributed by atoms with van der Waals surface area (Å²) in [7, 11) is -3.44. The molecule has 0 radical (unpaired) electrons. The minimum Gasteiger partial charge on any atom is -0.336 e. The number of carbonyl (C=O) groups excluding carboxylic acids is 2. The maximum Gasteiger partial charge on any atom is 0.256 e. The molecule has 0 aromatic heterocycles. The molecule has 2 aliphatic heterocycles. The second-order valence-electron chi connectivity index (χ2n) is 7.60. The fourth-order valence-electron chi connectivity index (χ4n) is 4.01. The number of anilines is 1. The Labute approximate surface area is 176 Å². The summed E-state index contributed by atoms with van der Waals surface area (Å²) >= 11 is 0. The highest BCUT2D eigenvalue weighted by Crippen LogP contribution is 2.27. The molecule has 4 rings (SSSR count). The number of rotatable bonds is 5. The van der Waals surface area contributed by atoms with Gasteiger partial charge in [0.1, 0.15) is 0 Å². The van der Waals surface area contributed by atoms with Crippen molar-refractivity contribution in [1.82, 2.24) is 9.21 Å². The van der Waals surface area contributed by atoms with E-state index in [2.05, 4.69) is 0 Å². The van der Waals surface area contributed by atoms with Gasteiger partial charge in [0, 0.05) is 39.1 Å². The number of nitrogens with zero attached hydrogens (tertiary/aromatic N) is 3. The average molecular weight is 428 g/mol. The first-order valence-electron chi connectivity index (χ1n) is 10.2. The fraction of sp³-hybridized carbons (Fsp3) is 0.364. The Hall–Kier alpha value is -2.71. The van der Waals surface area contributed by atoms with E-state index >= 15 is 0 Å². The van der Waals surface area contributed by atoms with Crippen molar-refractivity contribution >= 4 is 27.5 Å².